The molecule has 3 rings (SSSR count). The number of methoxy groups -OCH3 is 3. The van der Waals surface area contributed by atoms with Crippen molar-refractivity contribution in [3.63, 3.8) is 0 Å². The molecule has 0 bridgehead atoms. The fraction of sp³-hybridized carbons (Fsp3) is 0.190. The molecule has 0 unspecified atom stereocenters. The third kappa shape index (κ3) is 3.90. The average molecular weight is 384 g/mol. The Morgan fingerprint density at radius 3 is 2.11 bits per heavy atom. The predicted molar refractivity (Wildman–Crippen MR) is 106 cm³/mol. The summed E-state index contributed by atoms with van der Waals surface area (Å²) >= 11 is 1.28. The standard InChI is InChI=1S/C21H20O5S/c1-24-16-10-13(11-17(25-2)19(16)26-3)9-15-12-18(27-20(15)21(22)23)14-7-5-4-6-8-14/h4-8,10-12H,9H2,1-3H3,(H,22,23). The summed E-state index contributed by atoms with van der Waals surface area (Å²) in [6.07, 6.45) is 0.446. The number of carbonyl (C=O) groups is 1. The number of aromatic carboxylic acids is 1. The van der Waals surface area contributed by atoms with E-state index in [2.05, 4.69) is 0 Å². The van der Waals surface area contributed by atoms with Gasteiger partial charge in [0.15, 0.2) is 11.5 Å². The fourth-order valence-corrected chi connectivity index (χ4v) is 3.97. The number of carboxylic acids is 1. The third-order valence-electron chi connectivity index (χ3n) is 4.18. The smallest absolute Gasteiger partial charge is 0.346 e. The summed E-state index contributed by atoms with van der Waals surface area (Å²) in [5.74, 6) is 0.673. The van der Waals surface area contributed by atoms with Gasteiger partial charge in [-0.25, -0.2) is 4.79 Å². The summed E-state index contributed by atoms with van der Waals surface area (Å²) in [5.41, 5.74) is 2.63. The topological polar surface area (TPSA) is 65.0 Å². The van der Waals surface area contributed by atoms with E-state index in [1.807, 2.05) is 48.5 Å². The van der Waals surface area contributed by atoms with Gasteiger partial charge in [0, 0.05) is 4.88 Å². The molecule has 0 atom stereocenters. The first-order chi connectivity index (χ1) is 13.1. The summed E-state index contributed by atoms with van der Waals surface area (Å²) in [5, 5.41) is 9.63. The lowest BCUT2D eigenvalue weighted by Crippen LogP contribution is -2.00. The Morgan fingerprint density at radius 1 is 0.963 bits per heavy atom. The highest BCUT2D eigenvalue weighted by molar-refractivity contribution is 7.17. The highest BCUT2D eigenvalue weighted by atomic mass is 32.1. The largest absolute Gasteiger partial charge is 0.493 e. The maximum atomic E-state index is 11.7. The molecule has 0 spiro atoms. The van der Waals surface area contributed by atoms with Crippen LogP contribution in [-0.2, 0) is 6.42 Å². The van der Waals surface area contributed by atoms with Crippen LogP contribution in [0.15, 0.2) is 48.5 Å². The summed E-state index contributed by atoms with van der Waals surface area (Å²) in [4.78, 5) is 13.0. The zero-order chi connectivity index (χ0) is 19.4. The lowest BCUT2D eigenvalue weighted by atomic mass is 10.0. The Hall–Kier alpha value is -2.99. The molecule has 0 fully saturated rings. The molecule has 5 nitrogen and oxygen atoms in total. The van der Waals surface area contributed by atoms with Gasteiger partial charge in [0.2, 0.25) is 5.75 Å². The van der Waals surface area contributed by atoms with Gasteiger partial charge in [-0.15, -0.1) is 11.3 Å². The van der Waals surface area contributed by atoms with Gasteiger partial charge in [-0.1, -0.05) is 30.3 Å². The van der Waals surface area contributed by atoms with Crippen LogP contribution in [-0.4, -0.2) is 32.4 Å². The van der Waals surface area contributed by atoms with E-state index in [9.17, 15) is 9.90 Å². The van der Waals surface area contributed by atoms with Crippen molar-refractivity contribution in [1.29, 1.82) is 0 Å². The van der Waals surface area contributed by atoms with E-state index in [0.29, 0.717) is 28.5 Å². The van der Waals surface area contributed by atoms with Crippen LogP contribution in [0.2, 0.25) is 0 Å². The van der Waals surface area contributed by atoms with E-state index < -0.39 is 5.97 Å². The van der Waals surface area contributed by atoms with E-state index in [0.717, 1.165) is 21.6 Å². The molecule has 3 aromatic rings. The molecule has 0 aliphatic carbocycles. The van der Waals surface area contributed by atoms with Crippen LogP contribution in [0.5, 0.6) is 17.2 Å². The van der Waals surface area contributed by atoms with Gasteiger partial charge in [0.25, 0.3) is 0 Å². The first-order valence-electron chi connectivity index (χ1n) is 8.27. The lowest BCUT2D eigenvalue weighted by Gasteiger charge is -2.14. The second kappa shape index (κ2) is 8.14. The van der Waals surface area contributed by atoms with E-state index >= 15 is 0 Å². The molecule has 0 aliphatic rings. The molecule has 0 saturated heterocycles. The molecule has 1 heterocycles. The third-order valence-corrected chi connectivity index (χ3v) is 5.40. The molecule has 1 N–H and O–H groups in total. The number of hydrogen-bond acceptors (Lipinski definition) is 5. The first-order valence-corrected chi connectivity index (χ1v) is 9.09. The van der Waals surface area contributed by atoms with Crippen LogP contribution in [0.4, 0.5) is 0 Å². The number of hydrogen-bond donors (Lipinski definition) is 1. The van der Waals surface area contributed by atoms with Gasteiger partial charge < -0.3 is 19.3 Å². The summed E-state index contributed by atoms with van der Waals surface area (Å²) in [7, 11) is 4.66. The van der Waals surface area contributed by atoms with Crippen LogP contribution in [0.25, 0.3) is 10.4 Å². The maximum absolute atomic E-state index is 11.7. The van der Waals surface area contributed by atoms with E-state index in [1.54, 1.807) is 21.3 Å². The minimum absolute atomic E-state index is 0.336. The summed E-state index contributed by atoms with van der Waals surface area (Å²) < 4.78 is 16.1. The van der Waals surface area contributed by atoms with Crippen molar-refractivity contribution in [1.82, 2.24) is 0 Å². The molecule has 2 aromatic carbocycles. The van der Waals surface area contributed by atoms with E-state index in [-0.39, 0.29) is 0 Å². The SMILES string of the molecule is COc1cc(Cc2cc(-c3ccccc3)sc2C(=O)O)cc(OC)c1OC. The second-order valence-corrected chi connectivity index (χ2v) is 6.90. The summed E-state index contributed by atoms with van der Waals surface area (Å²) in [6.45, 7) is 0. The van der Waals surface area contributed by atoms with Crippen LogP contribution < -0.4 is 14.2 Å². The van der Waals surface area contributed by atoms with Gasteiger partial charge in [-0.3, -0.25) is 0 Å². The molecule has 0 radical (unpaired) electrons. The van der Waals surface area contributed by atoms with Crippen molar-refractivity contribution in [3.8, 4) is 27.7 Å². The van der Waals surface area contributed by atoms with Crippen molar-refractivity contribution >= 4 is 17.3 Å². The Labute approximate surface area is 161 Å². The predicted octanol–water partition coefficient (Wildman–Crippen LogP) is 4.73. The highest BCUT2D eigenvalue weighted by Crippen LogP contribution is 2.40. The molecule has 27 heavy (non-hydrogen) atoms. The fourth-order valence-electron chi connectivity index (χ4n) is 2.94. The Balaban J connectivity index is 2.02. The van der Waals surface area contributed by atoms with Crippen molar-refractivity contribution in [2.75, 3.05) is 21.3 Å². The molecule has 6 heteroatoms. The molecular weight excluding hydrogens is 364 g/mol. The zero-order valence-corrected chi connectivity index (χ0v) is 16.1. The van der Waals surface area contributed by atoms with Crippen LogP contribution in [0.3, 0.4) is 0 Å². The van der Waals surface area contributed by atoms with Gasteiger partial charge in [0.1, 0.15) is 4.88 Å². The average Bonchev–Trinajstić information content (AvgIpc) is 3.12. The summed E-state index contributed by atoms with van der Waals surface area (Å²) in [6, 6.07) is 15.4. The van der Waals surface area contributed by atoms with Crippen LogP contribution in [0, 0.1) is 0 Å². The van der Waals surface area contributed by atoms with Gasteiger partial charge >= 0.3 is 5.97 Å². The molecule has 0 saturated carbocycles. The second-order valence-electron chi connectivity index (χ2n) is 5.85. The maximum Gasteiger partial charge on any atom is 0.346 e. The van der Waals surface area contributed by atoms with Gasteiger partial charge in [-0.2, -0.15) is 0 Å². The number of rotatable bonds is 7. The van der Waals surface area contributed by atoms with Crippen molar-refractivity contribution in [2.24, 2.45) is 0 Å². The molecule has 0 amide bonds. The van der Waals surface area contributed by atoms with Gasteiger partial charge in [0.05, 0.1) is 21.3 Å². The quantitative estimate of drug-likeness (QED) is 0.638. The number of benzene rings is 2. The minimum Gasteiger partial charge on any atom is -0.493 e. The van der Waals surface area contributed by atoms with Crippen LogP contribution >= 0.6 is 11.3 Å². The Kier molecular flexibility index (Phi) is 5.66. The molecule has 1 aromatic heterocycles. The number of thiophene rings is 1. The van der Waals surface area contributed by atoms with Crippen molar-refractivity contribution in [3.05, 3.63) is 64.5 Å². The van der Waals surface area contributed by atoms with Gasteiger partial charge in [-0.05, 0) is 41.3 Å². The molecule has 140 valence electrons. The number of ether oxygens (including phenoxy) is 3. The Morgan fingerprint density at radius 2 is 1.59 bits per heavy atom. The monoisotopic (exact) mass is 384 g/mol. The van der Waals surface area contributed by atoms with Crippen LogP contribution in [0.1, 0.15) is 20.8 Å². The number of carboxylic acid groups (broad SMARTS) is 1. The molecule has 0 aliphatic heterocycles. The van der Waals surface area contributed by atoms with E-state index in [1.165, 1.54) is 11.3 Å². The minimum atomic E-state index is -0.926. The highest BCUT2D eigenvalue weighted by Gasteiger charge is 2.19. The molecular formula is C21H20O5S. The normalized spacial score (nSPS) is 10.5. The van der Waals surface area contributed by atoms with Crippen molar-refractivity contribution in [2.45, 2.75) is 6.42 Å². The Bertz CT molecular complexity index is 921. The first kappa shape index (κ1) is 18.8. The van der Waals surface area contributed by atoms with E-state index in [4.69, 9.17) is 14.2 Å². The zero-order valence-electron chi connectivity index (χ0n) is 15.3. The van der Waals surface area contributed by atoms with Crippen molar-refractivity contribution < 1.29 is 24.1 Å². The lowest BCUT2D eigenvalue weighted by molar-refractivity contribution is 0.0701.